The quantitative estimate of drug-likeness (QED) is 0.559. The van der Waals surface area contributed by atoms with Crippen LogP contribution in [0.4, 0.5) is 4.79 Å². The van der Waals surface area contributed by atoms with Gasteiger partial charge in [-0.3, -0.25) is 0 Å². The molecule has 2 aromatic carbocycles. The molecule has 0 unspecified atom stereocenters. The molecule has 11 heteroatoms. The van der Waals surface area contributed by atoms with Crippen LogP contribution in [0.2, 0.25) is 10.0 Å². The van der Waals surface area contributed by atoms with Gasteiger partial charge in [0.05, 0.1) is 4.90 Å². The highest BCUT2D eigenvalue weighted by atomic mass is 35.5. The zero-order valence-electron chi connectivity index (χ0n) is 14.6. The third-order valence-electron chi connectivity index (χ3n) is 3.22. The summed E-state index contributed by atoms with van der Waals surface area (Å²) in [6, 6.07) is 9.77. The van der Waals surface area contributed by atoms with Gasteiger partial charge in [0, 0.05) is 16.6 Å². The highest BCUT2D eigenvalue weighted by molar-refractivity contribution is 7.90. The van der Waals surface area contributed by atoms with Crippen LogP contribution in [0.15, 0.2) is 51.8 Å². The maximum absolute atomic E-state index is 11.7. The Morgan fingerprint density at radius 3 is 2.43 bits per heavy atom. The van der Waals surface area contributed by atoms with Gasteiger partial charge in [0.15, 0.2) is 5.58 Å². The van der Waals surface area contributed by atoms with Crippen molar-refractivity contribution < 1.29 is 22.7 Å². The molecule has 28 heavy (non-hydrogen) atoms. The average Bonchev–Trinajstić information content (AvgIpc) is 2.99. The number of hydrogen-bond acceptors (Lipinski definition) is 6. The molecule has 0 saturated heterocycles. The van der Waals surface area contributed by atoms with Crippen LogP contribution in [-0.2, 0) is 10.0 Å². The predicted octanol–water partition coefficient (Wildman–Crippen LogP) is 3.92. The van der Waals surface area contributed by atoms with Gasteiger partial charge < -0.3 is 14.8 Å². The zero-order chi connectivity index (χ0) is 20.7. The topological polar surface area (TPSA) is 122 Å². The summed E-state index contributed by atoms with van der Waals surface area (Å²) in [5.74, 6) is 0. The van der Waals surface area contributed by atoms with E-state index in [1.807, 2.05) is 11.6 Å². The summed E-state index contributed by atoms with van der Waals surface area (Å²) in [4.78, 5) is 14.9. The summed E-state index contributed by atoms with van der Waals surface area (Å²) in [6.07, 6.45) is 0.399. The van der Waals surface area contributed by atoms with Crippen molar-refractivity contribution in [1.29, 1.82) is 0 Å². The van der Waals surface area contributed by atoms with Crippen LogP contribution >= 0.6 is 23.2 Å². The molecule has 2 amide bonds. The molecule has 0 fully saturated rings. The van der Waals surface area contributed by atoms with Gasteiger partial charge >= 0.3 is 12.1 Å². The molecule has 0 spiro atoms. The fourth-order valence-corrected chi connectivity index (χ4v) is 3.18. The van der Waals surface area contributed by atoms with E-state index in [4.69, 9.17) is 32.7 Å². The number of rotatable bonds is 4. The number of hydrogen-bond donors (Lipinski definition) is 3. The molecule has 0 aliphatic carbocycles. The fraction of sp³-hybridized carbons (Fsp3) is 0.176. The first kappa shape index (κ1) is 21.8. The summed E-state index contributed by atoms with van der Waals surface area (Å²) < 4.78 is 30.1. The van der Waals surface area contributed by atoms with Crippen molar-refractivity contribution in [1.82, 2.24) is 15.0 Å². The molecule has 3 aromatic rings. The number of benzene rings is 2. The minimum Gasteiger partial charge on any atom is -0.466 e. The smallest absolute Gasteiger partial charge is 0.392 e. The number of halogens is 2. The van der Waals surface area contributed by atoms with Crippen LogP contribution in [-0.4, -0.2) is 31.1 Å². The summed E-state index contributed by atoms with van der Waals surface area (Å²) >= 11 is 11.3. The molecule has 150 valence electrons. The number of aromatic hydroxyl groups is 1. The van der Waals surface area contributed by atoms with Crippen molar-refractivity contribution >= 4 is 50.4 Å². The van der Waals surface area contributed by atoms with Crippen LogP contribution in [0, 0.1) is 0 Å². The van der Waals surface area contributed by atoms with E-state index in [0.717, 1.165) is 6.42 Å². The Balaban J connectivity index is 0.000000218. The number of nitrogens with zero attached hydrogens (tertiary/aromatic N) is 1. The Bertz CT molecular complexity index is 1050. The van der Waals surface area contributed by atoms with E-state index < -0.39 is 16.1 Å². The molecule has 0 atom stereocenters. The van der Waals surface area contributed by atoms with Gasteiger partial charge in [-0.15, -0.1) is 0 Å². The molecule has 1 heterocycles. The van der Waals surface area contributed by atoms with Gasteiger partial charge in [-0.25, -0.2) is 17.9 Å². The number of sulfonamides is 1. The minimum atomic E-state index is -3.83. The van der Waals surface area contributed by atoms with Gasteiger partial charge in [0.1, 0.15) is 5.52 Å². The minimum absolute atomic E-state index is 0.00597. The second-order valence-corrected chi connectivity index (χ2v) is 7.98. The number of oxazole rings is 1. The fourth-order valence-electron chi connectivity index (χ4n) is 1.96. The zero-order valence-corrected chi connectivity index (χ0v) is 17.0. The SMILES string of the molecule is CCCNC(=O)NS(=O)(=O)c1ccc(Cl)cc1.Oc1nc2cc(Cl)ccc2o1. The van der Waals surface area contributed by atoms with Crippen molar-refractivity contribution in [2.24, 2.45) is 0 Å². The molecule has 8 nitrogen and oxygen atoms in total. The molecular formula is C17H17Cl2N3O5S. The van der Waals surface area contributed by atoms with E-state index in [2.05, 4.69) is 10.3 Å². The first-order valence-electron chi connectivity index (χ1n) is 8.02. The Hall–Kier alpha value is -2.49. The van der Waals surface area contributed by atoms with Gasteiger partial charge in [-0.1, -0.05) is 30.1 Å². The molecule has 0 bridgehead atoms. The Morgan fingerprint density at radius 1 is 1.14 bits per heavy atom. The van der Waals surface area contributed by atoms with Crippen molar-refractivity contribution in [2.45, 2.75) is 18.2 Å². The molecule has 3 rings (SSSR count). The monoisotopic (exact) mass is 445 g/mol. The van der Waals surface area contributed by atoms with Crippen LogP contribution in [0.1, 0.15) is 13.3 Å². The third-order valence-corrected chi connectivity index (χ3v) is 5.06. The van der Waals surface area contributed by atoms with Crippen molar-refractivity contribution in [3.05, 3.63) is 52.5 Å². The number of amides is 2. The molecule has 0 radical (unpaired) electrons. The van der Waals surface area contributed by atoms with Crippen molar-refractivity contribution in [3.8, 4) is 6.08 Å². The van der Waals surface area contributed by atoms with Gasteiger partial charge in [-0.05, 0) is 48.9 Å². The largest absolute Gasteiger partial charge is 0.466 e. The summed E-state index contributed by atoms with van der Waals surface area (Å²) in [6.45, 7) is 2.29. The normalized spacial score (nSPS) is 10.8. The lowest BCUT2D eigenvalue weighted by atomic mass is 10.3. The molecule has 1 aromatic heterocycles. The summed E-state index contributed by atoms with van der Waals surface area (Å²) in [5.41, 5.74) is 1.10. The van der Waals surface area contributed by atoms with Crippen molar-refractivity contribution in [2.75, 3.05) is 6.54 Å². The van der Waals surface area contributed by atoms with Crippen LogP contribution in [0.5, 0.6) is 6.08 Å². The molecule has 3 N–H and O–H groups in total. The first-order valence-corrected chi connectivity index (χ1v) is 10.3. The van der Waals surface area contributed by atoms with Gasteiger partial charge in [0.2, 0.25) is 0 Å². The first-order chi connectivity index (χ1) is 13.2. The third kappa shape index (κ3) is 6.29. The molecule has 0 saturated carbocycles. The number of aromatic nitrogens is 1. The highest BCUT2D eigenvalue weighted by Crippen LogP contribution is 2.22. The number of nitrogens with one attached hydrogen (secondary N) is 2. The Labute approximate surface area is 171 Å². The van der Waals surface area contributed by atoms with Crippen molar-refractivity contribution in [3.63, 3.8) is 0 Å². The maximum atomic E-state index is 11.7. The van der Waals surface area contributed by atoms with Crippen LogP contribution < -0.4 is 10.0 Å². The van der Waals surface area contributed by atoms with Gasteiger partial charge in [0.25, 0.3) is 10.0 Å². The lowest BCUT2D eigenvalue weighted by molar-refractivity contribution is 0.246. The number of urea groups is 1. The van der Waals surface area contributed by atoms with Crippen LogP contribution in [0.25, 0.3) is 11.1 Å². The maximum Gasteiger partial charge on any atom is 0.392 e. The van der Waals surface area contributed by atoms with Gasteiger partial charge in [-0.2, -0.15) is 4.98 Å². The number of carbonyl (C=O) groups is 1. The summed E-state index contributed by atoms with van der Waals surface area (Å²) in [7, 11) is -3.83. The second-order valence-electron chi connectivity index (χ2n) is 5.42. The molecular weight excluding hydrogens is 429 g/mol. The summed E-state index contributed by atoms with van der Waals surface area (Å²) in [5, 5.41) is 12.2. The molecule has 0 aliphatic rings. The van der Waals surface area contributed by atoms with Crippen LogP contribution in [0.3, 0.4) is 0 Å². The highest BCUT2D eigenvalue weighted by Gasteiger charge is 2.16. The van der Waals surface area contributed by atoms with E-state index in [-0.39, 0.29) is 11.0 Å². The van der Waals surface area contributed by atoms with E-state index in [1.54, 1.807) is 18.2 Å². The Morgan fingerprint density at radius 2 is 1.79 bits per heavy atom. The number of fused-ring (bicyclic) bond motifs is 1. The lowest BCUT2D eigenvalue weighted by Crippen LogP contribution is -2.39. The average molecular weight is 446 g/mol. The number of carbonyl (C=O) groups excluding carboxylic acids is 1. The Kier molecular flexibility index (Phi) is 7.50. The second kappa shape index (κ2) is 9.63. The van der Waals surface area contributed by atoms with E-state index >= 15 is 0 Å². The van der Waals surface area contributed by atoms with E-state index in [9.17, 15) is 13.2 Å². The molecule has 0 aliphatic heterocycles. The standard InChI is InChI=1S/C10H13ClN2O3S.C7H4ClNO2/c1-2-7-12-10(14)13-17(15,16)9-5-3-8(11)4-6-9;8-4-1-2-6-5(3-4)9-7(10)11-6/h3-6H,2,7H2,1H3,(H2,12,13,14);1-3H,(H,9,10). The van der Waals surface area contributed by atoms with E-state index in [0.29, 0.717) is 27.7 Å². The van der Waals surface area contributed by atoms with E-state index in [1.165, 1.54) is 24.3 Å². The predicted molar refractivity (Wildman–Crippen MR) is 106 cm³/mol. The lowest BCUT2D eigenvalue weighted by Gasteiger charge is -2.07.